The van der Waals surface area contributed by atoms with Crippen LogP contribution in [0.2, 0.25) is 0 Å². The largest absolute Gasteiger partial charge is 0.453 e. The molecule has 0 N–H and O–H groups in total. The summed E-state index contributed by atoms with van der Waals surface area (Å²) in [7, 11) is 0. The molecule has 1 aromatic carbocycles. The van der Waals surface area contributed by atoms with Crippen LogP contribution in [0.3, 0.4) is 0 Å². The van der Waals surface area contributed by atoms with Gasteiger partial charge >= 0.3 is 5.97 Å². The van der Waals surface area contributed by atoms with Crippen molar-refractivity contribution in [3.05, 3.63) is 34.4 Å². The first-order chi connectivity index (χ1) is 7.84. The molecule has 2 nitrogen and oxygen atoms in total. The minimum atomic E-state index is -0.122. The summed E-state index contributed by atoms with van der Waals surface area (Å²) in [5.41, 5.74) is 5.09. The second kappa shape index (κ2) is 3.86. The minimum Gasteiger partial charge on any atom is -0.453 e. The molecule has 0 bridgehead atoms. The first kappa shape index (κ1) is 12.2. The molecule has 0 spiro atoms. The summed E-state index contributed by atoms with van der Waals surface area (Å²) >= 11 is 0. The van der Waals surface area contributed by atoms with Gasteiger partial charge in [-0.05, 0) is 23.5 Å². The second-order valence-corrected chi connectivity index (χ2v) is 5.77. The Bertz CT molecular complexity index is 467. The summed E-state index contributed by atoms with van der Waals surface area (Å²) in [5, 5.41) is 0. The summed E-state index contributed by atoms with van der Waals surface area (Å²) in [6.07, 6.45) is 0.369. The van der Waals surface area contributed by atoms with Gasteiger partial charge in [0.1, 0.15) is 0 Å². The molecule has 1 aliphatic carbocycles. The molecule has 1 atom stereocenters. The number of ether oxygens (including phenoxy) is 1. The Morgan fingerprint density at radius 3 is 2.53 bits per heavy atom. The molecular formula is C15H20O2. The summed E-state index contributed by atoms with van der Waals surface area (Å²) in [6.45, 7) is 10.5. The molecule has 1 unspecified atom stereocenters. The third-order valence-electron chi connectivity index (χ3n) is 3.28. The highest BCUT2D eigenvalue weighted by atomic mass is 16.5. The molecule has 2 rings (SSSR count). The normalized spacial score (nSPS) is 17.6. The van der Waals surface area contributed by atoms with Crippen LogP contribution in [-0.2, 0) is 14.9 Å². The molecule has 0 amide bonds. The third-order valence-corrected chi connectivity index (χ3v) is 3.28. The lowest BCUT2D eigenvalue weighted by Gasteiger charge is -2.18. The average Bonchev–Trinajstić information content (AvgIpc) is 2.90. The number of rotatable bonds is 2. The molecule has 1 aliphatic rings. The highest BCUT2D eigenvalue weighted by molar-refractivity contribution is 5.72. The van der Waals surface area contributed by atoms with Crippen molar-refractivity contribution >= 4 is 5.97 Å². The molecule has 2 heteroatoms. The van der Waals surface area contributed by atoms with Crippen molar-refractivity contribution in [1.29, 1.82) is 0 Å². The van der Waals surface area contributed by atoms with E-state index in [1.54, 1.807) is 0 Å². The summed E-state index contributed by atoms with van der Waals surface area (Å²) < 4.78 is 5.39. The Balaban J connectivity index is 2.24. The summed E-state index contributed by atoms with van der Waals surface area (Å²) in [6, 6.07) is 4.38. The lowest BCUT2D eigenvalue weighted by atomic mass is 9.86. The molecule has 0 aliphatic heterocycles. The van der Waals surface area contributed by atoms with Crippen LogP contribution in [0.25, 0.3) is 0 Å². The fraction of sp³-hybridized carbons (Fsp3) is 0.533. The van der Waals surface area contributed by atoms with Gasteiger partial charge in [-0.25, -0.2) is 0 Å². The van der Waals surface area contributed by atoms with E-state index >= 15 is 0 Å². The predicted molar refractivity (Wildman–Crippen MR) is 68.1 cm³/mol. The van der Waals surface area contributed by atoms with Gasteiger partial charge in [-0.1, -0.05) is 39.8 Å². The molecule has 0 radical (unpaired) electrons. The smallest absolute Gasteiger partial charge is 0.306 e. The summed E-state index contributed by atoms with van der Waals surface area (Å²) in [5.74, 6) is -0.122. The van der Waals surface area contributed by atoms with Crippen molar-refractivity contribution in [2.45, 2.75) is 52.6 Å². The Labute approximate surface area is 103 Å². The van der Waals surface area contributed by atoms with E-state index in [9.17, 15) is 4.79 Å². The molecular weight excluding hydrogens is 212 g/mol. The highest BCUT2D eigenvalue weighted by Gasteiger charge is 2.39. The molecule has 0 fully saturated rings. The number of fused-ring (bicyclic) bond motifs is 1. The van der Waals surface area contributed by atoms with Crippen molar-refractivity contribution < 1.29 is 9.53 Å². The van der Waals surface area contributed by atoms with E-state index in [0.29, 0.717) is 6.42 Å². The molecule has 0 heterocycles. The van der Waals surface area contributed by atoms with E-state index in [1.165, 1.54) is 22.3 Å². The maximum Gasteiger partial charge on any atom is 0.306 e. The number of carbonyl (C=O) groups excluding carboxylic acids is 1. The maximum atomic E-state index is 11.3. The second-order valence-electron chi connectivity index (χ2n) is 5.77. The third kappa shape index (κ3) is 2.21. The monoisotopic (exact) mass is 232 g/mol. The molecule has 0 saturated heterocycles. The molecule has 0 saturated carbocycles. The Kier molecular flexibility index (Phi) is 2.76. The number of hydrogen-bond acceptors (Lipinski definition) is 2. The van der Waals surface area contributed by atoms with Gasteiger partial charge in [0.05, 0.1) is 0 Å². The summed E-state index contributed by atoms with van der Waals surface area (Å²) in [4.78, 5) is 11.3. The zero-order valence-electron chi connectivity index (χ0n) is 11.3. The van der Waals surface area contributed by atoms with Crippen LogP contribution < -0.4 is 0 Å². The predicted octanol–water partition coefficient (Wildman–Crippen LogP) is 3.65. The number of esters is 1. The van der Waals surface area contributed by atoms with Crippen LogP contribution >= 0.6 is 0 Å². The van der Waals surface area contributed by atoms with Crippen LogP contribution in [0.5, 0.6) is 0 Å². The fourth-order valence-electron chi connectivity index (χ4n) is 2.10. The van der Waals surface area contributed by atoms with E-state index in [-0.39, 0.29) is 17.5 Å². The molecule has 17 heavy (non-hydrogen) atoms. The van der Waals surface area contributed by atoms with Crippen molar-refractivity contribution in [3.63, 3.8) is 0 Å². The van der Waals surface area contributed by atoms with Crippen LogP contribution in [0, 0.1) is 6.92 Å². The lowest BCUT2D eigenvalue weighted by molar-refractivity contribution is -0.145. The van der Waals surface area contributed by atoms with Gasteiger partial charge in [0.25, 0.3) is 0 Å². The van der Waals surface area contributed by atoms with Crippen molar-refractivity contribution in [2.24, 2.45) is 0 Å². The highest BCUT2D eigenvalue weighted by Crippen LogP contribution is 2.48. The van der Waals surface area contributed by atoms with E-state index in [0.717, 1.165) is 0 Å². The van der Waals surface area contributed by atoms with Gasteiger partial charge < -0.3 is 4.74 Å². The van der Waals surface area contributed by atoms with Crippen molar-refractivity contribution in [3.8, 4) is 0 Å². The van der Waals surface area contributed by atoms with Crippen LogP contribution in [0.4, 0.5) is 0 Å². The lowest BCUT2D eigenvalue weighted by Crippen LogP contribution is -2.10. The minimum absolute atomic E-state index is 0.0708. The maximum absolute atomic E-state index is 11.3. The number of aryl methyl sites for hydroxylation is 1. The van der Waals surface area contributed by atoms with Crippen LogP contribution in [0.1, 0.15) is 62.5 Å². The topological polar surface area (TPSA) is 26.3 Å². The van der Waals surface area contributed by atoms with Crippen molar-refractivity contribution in [1.82, 2.24) is 0 Å². The Morgan fingerprint density at radius 1 is 1.35 bits per heavy atom. The van der Waals surface area contributed by atoms with Crippen LogP contribution in [-0.4, -0.2) is 5.97 Å². The van der Waals surface area contributed by atoms with Gasteiger partial charge in [-0.3, -0.25) is 4.79 Å². The average molecular weight is 232 g/mol. The molecule has 92 valence electrons. The van der Waals surface area contributed by atoms with E-state index in [1.807, 2.05) is 6.92 Å². The Hall–Kier alpha value is -1.31. The van der Waals surface area contributed by atoms with E-state index < -0.39 is 0 Å². The molecule has 0 aromatic heterocycles. The molecule has 1 aromatic rings. The Morgan fingerprint density at radius 2 is 2.00 bits per heavy atom. The van der Waals surface area contributed by atoms with Crippen molar-refractivity contribution in [2.75, 3.05) is 0 Å². The van der Waals surface area contributed by atoms with Gasteiger partial charge in [-0.15, -0.1) is 0 Å². The first-order valence-corrected chi connectivity index (χ1v) is 6.19. The zero-order valence-corrected chi connectivity index (χ0v) is 11.3. The fourth-order valence-corrected chi connectivity index (χ4v) is 2.10. The first-order valence-electron chi connectivity index (χ1n) is 6.19. The SMILES string of the molecule is CCC(=O)OC1c2cc(C(C)(C)C)cc(C)c21. The van der Waals surface area contributed by atoms with Gasteiger partial charge in [0.15, 0.2) is 6.10 Å². The van der Waals surface area contributed by atoms with Gasteiger partial charge in [-0.2, -0.15) is 0 Å². The number of hydrogen-bond donors (Lipinski definition) is 0. The zero-order chi connectivity index (χ0) is 12.8. The quantitative estimate of drug-likeness (QED) is 0.727. The standard InChI is InChI=1S/C15H20O2/c1-6-12(16)17-14-11-8-10(15(3,4)5)7-9(2)13(11)14/h7-8,14H,6H2,1-5H3. The van der Waals surface area contributed by atoms with Crippen LogP contribution in [0.15, 0.2) is 12.1 Å². The number of benzene rings is 1. The van der Waals surface area contributed by atoms with Gasteiger partial charge in [0.2, 0.25) is 0 Å². The number of carbonyl (C=O) groups is 1. The van der Waals surface area contributed by atoms with E-state index in [4.69, 9.17) is 4.74 Å². The van der Waals surface area contributed by atoms with E-state index in [2.05, 4.69) is 39.8 Å². The van der Waals surface area contributed by atoms with Gasteiger partial charge in [0, 0.05) is 17.5 Å².